The molecule has 0 bridgehead atoms. The smallest absolute Gasteiger partial charge is 0.0683 e. The Bertz CT molecular complexity index is 4.00. The van der Waals surface area contributed by atoms with Gasteiger partial charge in [0, 0.05) is 0 Å². The van der Waals surface area contributed by atoms with E-state index in [0.29, 0.717) is 0 Å². The third-order valence-electron chi connectivity index (χ3n) is 0. The lowest BCUT2D eigenvalue weighted by Gasteiger charge is -1.07. The van der Waals surface area contributed by atoms with Crippen LogP contribution < -0.4 is 0 Å². The second-order valence-electron chi connectivity index (χ2n) is 0. The van der Waals surface area contributed by atoms with Crippen LogP contribution in [0.3, 0.4) is 0 Å². The first-order valence-electron chi connectivity index (χ1n) is 1.00. The van der Waals surface area contributed by atoms with E-state index in [2.05, 4.69) is 0 Å². The number of hydrogen-bond acceptors (Lipinski definition) is 0. The summed E-state index contributed by atoms with van der Waals surface area (Å²) in [6, 6.07) is 0. The Hall–Kier alpha value is -0.0800. The molecule has 0 atom stereocenters. The molecule has 0 rings (SSSR count). The van der Waals surface area contributed by atoms with Crippen LogP contribution in [0.4, 0.5) is 0 Å². The fraction of sp³-hybridized carbons (Fsp3) is 1.00. The second-order valence-corrected chi connectivity index (χ2v) is 0. The molecular formula is C2H10O2. The summed E-state index contributed by atoms with van der Waals surface area (Å²) in [5.74, 6) is 0. The third-order valence-corrected chi connectivity index (χ3v) is 0. The molecule has 0 spiro atoms. The van der Waals surface area contributed by atoms with Gasteiger partial charge < -0.3 is 11.0 Å². The highest BCUT2D eigenvalue weighted by molar-refractivity contribution is 3.50. The molecule has 0 unspecified atom stereocenters. The van der Waals surface area contributed by atoms with Gasteiger partial charge in [-0.25, -0.2) is 0 Å². The Balaban J connectivity index is -0.00000000500. The van der Waals surface area contributed by atoms with Crippen LogP contribution in [0.1, 0.15) is 13.8 Å². The molecule has 4 N–H and O–H groups in total. The van der Waals surface area contributed by atoms with Crippen LogP contribution in [0.2, 0.25) is 0 Å². The third kappa shape index (κ3) is 254. The molecule has 0 aliphatic rings. The van der Waals surface area contributed by atoms with Crippen molar-refractivity contribution in [2.75, 3.05) is 0 Å². The van der Waals surface area contributed by atoms with Crippen LogP contribution in [0.15, 0.2) is 0 Å². The molecule has 0 aliphatic heterocycles. The molecule has 0 radical (unpaired) electrons. The monoisotopic (exact) mass is 66.1 g/mol. The van der Waals surface area contributed by atoms with Crippen molar-refractivity contribution in [3.63, 3.8) is 0 Å². The molecule has 0 saturated carbocycles. The van der Waals surface area contributed by atoms with Gasteiger partial charge in [0.1, 0.15) is 0 Å². The molecule has 30 valence electrons. The van der Waals surface area contributed by atoms with Gasteiger partial charge in [0.25, 0.3) is 0 Å². The minimum atomic E-state index is 0. The normalized spacial score (nSPS) is 1.50. The molecule has 2 heteroatoms. The Morgan fingerprint density at radius 2 is 0.750 bits per heavy atom. The van der Waals surface area contributed by atoms with Crippen LogP contribution in [0.25, 0.3) is 0 Å². The Labute approximate surface area is 26.1 Å². The summed E-state index contributed by atoms with van der Waals surface area (Å²) in [4.78, 5) is 0. The van der Waals surface area contributed by atoms with Crippen molar-refractivity contribution in [1.82, 2.24) is 0 Å². The van der Waals surface area contributed by atoms with Crippen molar-refractivity contribution in [2.45, 2.75) is 13.8 Å². The minimum Gasteiger partial charge on any atom is -0.412 e. The van der Waals surface area contributed by atoms with E-state index in [4.69, 9.17) is 0 Å². The molecule has 2 nitrogen and oxygen atoms in total. The van der Waals surface area contributed by atoms with Crippen LogP contribution in [-0.4, -0.2) is 11.0 Å². The van der Waals surface area contributed by atoms with Crippen molar-refractivity contribution >= 4 is 0 Å². The highest BCUT2D eigenvalue weighted by atomic mass is 16.0. The first-order valence-corrected chi connectivity index (χ1v) is 1.00. The number of hydrogen-bond donors (Lipinski definition) is 0. The maximum atomic E-state index is 2.00. The van der Waals surface area contributed by atoms with Gasteiger partial charge in [-0.3, -0.25) is 0 Å². The summed E-state index contributed by atoms with van der Waals surface area (Å²) in [6.07, 6.45) is 0. The van der Waals surface area contributed by atoms with Crippen molar-refractivity contribution in [1.29, 1.82) is 0 Å². The zero-order valence-corrected chi connectivity index (χ0v) is 3.00. The summed E-state index contributed by atoms with van der Waals surface area (Å²) in [6.45, 7) is 4.00. The van der Waals surface area contributed by atoms with Gasteiger partial charge in [0.2, 0.25) is 0 Å². The van der Waals surface area contributed by atoms with E-state index in [0.717, 1.165) is 0 Å². The number of rotatable bonds is 0. The molecule has 0 heterocycles. The fourth-order valence-electron chi connectivity index (χ4n) is 0. The molecule has 0 aliphatic carbocycles. The van der Waals surface area contributed by atoms with Gasteiger partial charge in [-0.1, -0.05) is 13.8 Å². The lowest BCUT2D eigenvalue weighted by molar-refractivity contribution is 0.823. The van der Waals surface area contributed by atoms with E-state index in [1.807, 2.05) is 13.8 Å². The maximum Gasteiger partial charge on any atom is -0.0683 e. The molecule has 0 aromatic carbocycles. The lowest BCUT2D eigenvalue weighted by Crippen LogP contribution is -0.856. The molecule has 0 amide bonds. The van der Waals surface area contributed by atoms with E-state index in [-0.39, 0.29) is 11.0 Å². The standard InChI is InChI=1S/C2H6.2H2O/c1-2;;/h1-2H3;2*1H2. The van der Waals surface area contributed by atoms with E-state index in [9.17, 15) is 0 Å². The second kappa shape index (κ2) is 1680. The van der Waals surface area contributed by atoms with Gasteiger partial charge in [0.05, 0.1) is 0 Å². The first-order chi connectivity index (χ1) is 1.00. The zero-order valence-electron chi connectivity index (χ0n) is 3.00. The summed E-state index contributed by atoms with van der Waals surface area (Å²) >= 11 is 0. The highest BCUT2D eigenvalue weighted by Crippen LogP contribution is 1.14. The average Bonchev–Trinajstić information content (AvgIpc) is 1.00. The van der Waals surface area contributed by atoms with E-state index in [1.165, 1.54) is 0 Å². The van der Waals surface area contributed by atoms with Crippen molar-refractivity contribution in [3.05, 3.63) is 0 Å². The Kier molecular flexibility index (Phi) is 16600. The molecule has 0 saturated heterocycles. The summed E-state index contributed by atoms with van der Waals surface area (Å²) < 4.78 is 0. The summed E-state index contributed by atoms with van der Waals surface area (Å²) in [7, 11) is 0. The zero-order chi connectivity index (χ0) is 2.00. The van der Waals surface area contributed by atoms with Gasteiger partial charge in [-0.2, -0.15) is 0 Å². The molecule has 0 aromatic heterocycles. The molecule has 4 heavy (non-hydrogen) atoms. The molecular weight excluding hydrogens is 56.0 g/mol. The molecule has 0 aromatic rings. The minimum absolute atomic E-state index is 0. The van der Waals surface area contributed by atoms with Gasteiger partial charge >= 0.3 is 0 Å². The largest absolute Gasteiger partial charge is 0.412 e. The van der Waals surface area contributed by atoms with Gasteiger partial charge in [-0.15, -0.1) is 0 Å². The van der Waals surface area contributed by atoms with Crippen LogP contribution >= 0.6 is 0 Å². The first kappa shape index (κ1) is 39.5. The van der Waals surface area contributed by atoms with Crippen LogP contribution in [0, 0.1) is 0 Å². The fourth-order valence-corrected chi connectivity index (χ4v) is 0. The van der Waals surface area contributed by atoms with Crippen molar-refractivity contribution in [2.24, 2.45) is 0 Å². The SMILES string of the molecule is CC.O.O. The van der Waals surface area contributed by atoms with Crippen LogP contribution in [0.5, 0.6) is 0 Å². The Morgan fingerprint density at radius 1 is 0.750 bits per heavy atom. The predicted molar refractivity (Wildman–Crippen MR) is 18.6 cm³/mol. The van der Waals surface area contributed by atoms with E-state index in [1.54, 1.807) is 0 Å². The van der Waals surface area contributed by atoms with Crippen LogP contribution in [-0.2, 0) is 0 Å². The average molecular weight is 66.1 g/mol. The quantitative estimate of drug-likeness (QED) is 0.361. The maximum absolute atomic E-state index is 2.00. The topological polar surface area (TPSA) is 63.0 Å². The predicted octanol–water partition coefficient (Wildman–Crippen LogP) is -0.623. The van der Waals surface area contributed by atoms with Gasteiger partial charge in [0.15, 0.2) is 0 Å². The lowest BCUT2D eigenvalue weighted by atomic mass is 11.0. The highest BCUT2D eigenvalue weighted by Gasteiger charge is 0.932. The summed E-state index contributed by atoms with van der Waals surface area (Å²) in [5, 5.41) is 0. The molecule has 0 fully saturated rings. The van der Waals surface area contributed by atoms with E-state index < -0.39 is 0 Å². The summed E-state index contributed by atoms with van der Waals surface area (Å²) in [5.41, 5.74) is 0. The Morgan fingerprint density at radius 3 is 0.750 bits per heavy atom. The van der Waals surface area contributed by atoms with Gasteiger partial charge in [-0.05, 0) is 0 Å². The van der Waals surface area contributed by atoms with E-state index >= 15 is 0 Å². The van der Waals surface area contributed by atoms with Crippen molar-refractivity contribution in [3.8, 4) is 0 Å². The van der Waals surface area contributed by atoms with Crippen molar-refractivity contribution < 1.29 is 11.0 Å².